The molecule has 1 aliphatic rings. The van der Waals surface area contributed by atoms with Crippen molar-refractivity contribution in [2.45, 2.75) is 11.3 Å². The SMILES string of the molecule is O=C1OCCN1c1ccc(S(=O)(=O)NCCc2c[nH]c3ccccc23)cc1. The molecule has 2 N–H and O–H groups in total. The average molecular weight is 385 g/mol. The zero-order valence-electron chi connectivity index (χ0n) is 14.5. The Labute approximate surface area is 157 Å². The van der Waals surface area contributed by atoms with Gasteiger partial charge in [-0.25, -0.2) is 17.9 Å². The first-order chi connectivity index (χ1) is 13.0. The molecular weight excluding hydrogens is 366 g/mol. The van der Waals surface area contributed by atoms with E-state index >= 15 is 0 Å². The fourth-order valence-corrected chi connectivity index (χ4v) is 4.21. The van der Waals surface area contributed by atoms with Crippen molar-refractivity contribution in [3.8, 4) is 0 Å². The summed E-state index contributed by atoms with van der Waals surface area (Å²) in [4.78, 5) is 16.4. The Morgan fingerprint density at radius 2 is 1.89 bits per heavy atom. The van der Waals surface area contributed by atoms with Gasteiger partial charge in [0.15, 0.2) is 0 Å². The van der Waals surface area contributed by atoms with Gasteiger partial charge >= 0.3 is 6.09 Å². The molecule has 0 spiro atoms. The van der Waals surface area contributed by atoms with Crippen LogP contribution < -0.4 is 9.62 Å². The van der Waals surface area contributed by atoms with Gasteiger partial charge in [-0.1, -0.05) is 18.2 Å². The van der Waals surface area contributed by atoms with Crippen LogP contribution in [0, 0.1) is 0 Å². The van der Waals surface area contributed by atoms with Gasteiger partial charge in [-0.15, -0.1) is 0 Å². The Balaban J connectivity index is 1.41. The van der Waals surface area contributed by atoms with Crippen molar-refractivity contribution >= 4 is 32.7 Å². The molecule has 0 saturated carbocycles. The lowest BCUT2D eigenvalue weighted by Crippen LogP contribution is -2.26. The molecule has 0 bridgehead atoms. The van der Waals surface area contributed by atoms with Gasteiger partial charge in [-0.2, -0.15) is 0 Å². The molecule has 2 heterocycles. The average Bonchev–Trinajstić information content (AvgIpc) is 3.28. The third kappa shape index (κ3) is 3.54. The number of para-hydroxylation sites is 1. The molecule has 4 rings (SSSR count). The fourth-order valence-electron chi connectivity index (χ4n) is 3.18. The number of cyclic esters (lactones) is 1. The molecule has 0 aliphatic carbocycles. The lowest BCUT2D eigenvalue weighted by Gasteiger charge is -2.13. The van der Waals surface area contributed by atoms with E-state index in [1.807, 2.05) is 30.5 Å². The van der Waals surface area contributed by atoms with Crippen LogP contribution in [0.5, 0.6) is 0 Å². The van der Waals surface area contributed by atoms with Gasteiger partial charge < -0.3 is 9.72 Å². The van der Waals surface area contributed by atoms with Crippen LogP contribution in [0.3, 0.4) is 0 Å². The molecule has 8 heteroatoms. The number of carbonyl (C=O) groups excluding carboxylic acids is 1. The minimum atomic E-state index is -3.62. The number of hydrogen-bond acceptors (Lipinski definition) is 4. The molecule has 2 aromatic carbocycles. The van der Waals surface area contributed by atoms with E-state index in [-0.39, 0.29) is 4.90 Å². The minimum Gasteiger partial charge on any atom is -0.447 e. The largest absolute Gasteiger partial charge is 0.447 e. The molecule has 7 nitrogen and oxygen atoms in total. The Bertz CT molecular complexity index is 1070. The zero-order valence-corrected chi connectivity index (χ0v) is 15.3. The van der Waals surface area contributed by atoms with Crippen molar-refractivity contribution in [3.05, 3.63) is 60.3 Å². The highest BCUT2D eigenvalue weighted by Crippen LogP contribution is 2.21. The van der Waals surface area contributed by atoms with Crippen molar-refractivity contribution in [2.24, 2.45) is 0 Å². The number of sulfonamides is 1. The summed E-state index contributed by atoms with van der Waals surface area (Å²) in [6.07, 6.45) is 2.08. The standard InChI is InChI=1S/C19H19N3O4S/c23-19-22(11-12-26-19)15-5-7-16(8-6-15)27(24,25)21-10-9-14-13-20-18-4-2-1-3-17(14)18/h1-8,13,20-21H,9-12H2. The normalized spacial score (nSPS) is 14.7. The Hall–Kier alpha value is -2.84. The highest BCUT2D eigenvalue weighted by molar-refractivity contribution is 7.89. The molecule has 1 amide bonds. The van der Waals surface area contributed by atoms with Crippen LogP contribution in [0.1, 0.15) is 5.56 Å². The summed E-state index contributed by atoms with van der Waals surface area (Å²) in [5.41, 5.74) is 2.72. The Morgan fingerprint density at radius 1 is 1.11 bits per heavy atom. The maximum atomic E-state index is 12.5. The maximum absolute atomic E-state index is 12.5. The summed E-state index contributed by atoms with van der Waals surface area (Å²) < 4.78 is 32.5. The van der Waals surface area contributed by atoms with Crippen LogP contribution in [0.25, 0.3) is 10.9 Å². The van der Waals surface area contributed by atoms with Crippen LogP contribution in [0.15, 0.2) is 59.6 Å². The second kappa shape index (κ2) is 7.05. The van der Waals surface area contributed by atoms with Crippen LogP contribution in [-0.4, -0.2) is 39.2 Å². The van der Waals surface area contributed by atoms with Crippen molar-refractivity contribution < 1.29 is 17.9 Å². The fraction of sp³-hybridized carbons (Fsp3) is 0.211. The number of nitrogens with one attached hydrogen (secondary N) is 2. The number of amides is 1. The van der Waals surface area contributed by atoms with Gasteiger partial charge in [0, 0.05) is 29.3 Å². The summed E-state index contributed by atoms with van der Waals surface area (Å²) in [5.74, 6) is 0. The number of benzene rings is 2. The number of rotatable bonds is 6. The van der Waals surface area contributed by atoms with Gasteiger partial charge in [-0.3, -0.25) is 4.90 Å². The molecule has 0 unspecified atom stereocenters. The topological polar surface area (TPSA) is 91.5 Å². The van der Waals surface area contributed by atoms with E-state index in [0.29, 0.717) is 31.8 Å². The van der Waals surface area contributed by atoms with Crippen molar-refractivity contribution in [3.63, 3.8) is 0 Å². The van der Waals surface area contributed by atoms with E-state index < -0.39 is 16.1 Å². The van der Waals surface area contributed by atoms with Crippen molar-refractivity contribution in [1.29, 1.82) is 0 Å². The molecular formula is C19H19N3O4S. The van der Waals surface area contributed by atoms with Crippen LogP contribution in [0.4, 0.5) is 10.5 Å². The van der Waals surface area contributed by atoms with E-state index in [1.165, 1.54) is 17.0 Å². The number of aromatic nitrogens is 1. The summed E-state index contributed by atoms with van der Waals surface area (Å²) in [7, 11) is -3.62. The van der Waals surface area contributed by atoms with E-state index in [9.17, 15) is 13.2 Å². The highest BCUT2D eigenvalue weighted by atomic mass is 32.2. The molecule has 0 atom stereocenters. The van der Waals surface area contributed by atoms with Crippen LogP contribution >= 0.6 is 0 Å². The summed E-state index contributed by atoms with van der Waals surface area (Å²) in [6.45, 7) is 1.10. The first-order valence-electron chi connectivity index (χ1n) is 8.64. The van der Waals surface area contributed by atoms with Crippen molar-refractivity contribution in [2.75, 3.05) is 24.6 Å². The zero-order chi connectivity index (χ0) is 18.9. The first kappa shape index (κ1) is 17.6. The summed E-state index contributed by atoms with van der Waals surface area (Å²) in [5, 5.41) is 1.10. The number of hydrogen-bond donors (Lipinski definition) is 2. The molecule has 1 saturated heterocycles. The molecule has 1 aliphatic heterocycles. The van der Waals surface area contributed by atoms with E-state index in [4.69, 9.17) is 4.74 Å². The number of nitrogens with zero attached hydrogens (tertiary/aromatic N) is 1. The summed E-state index contributed by atoms with van der Waals surface area (Å²) in [6, 6.07) is 14.1. The van der Waals surface area contributed by atoms with Crippen LogP contribution in [0.2, 0.25) is 0 Å². The molecule has 3 aromatic rings. The smallest absolute Gasteiger partial charge is 0.414 e. The molecule has 1 fully saturated rings. The lowest BCUT2D eigenvalue weighted by atomic mass is 10.1. The second-order valence-corrected chi connectivity index (χ2v) is 8.03. The Morgan fingerprint density at radius 3 is 2.63 bits per heavy atom. The number of aromatic amines is 1. The monoisotopic (exact) mass is 385 g/mol. The Kier molecular flexibility index (Phi) is 4.59. The third-order valence-corrected chi connectivity index (χ3v) is 6.06. The predicted molar refractivity (Wildman–Crippen MR) is 102 cm³/mol. The van der Waals surface area contributed by atoms with E-state index in [2.05, 4.69) is 9.71 Å². The van der Waals surface area contributed by atoms with Gasteiger partial charge in [0.05, 0.1) is 11.4 Å². The summed E-state index contributed by atoms with van der Waals surface area (Å²) >= 11 is 0. The van der Waals surface area contributed by atoms with E-state index in [1.54, 1.807) is 12.1 Å². The van der Waals surface area contributed by atoms with Gasteiger partial charge in [0.2, 0.25) is 10.0 Å². The molecule has 27 heavy (non-hydrogen) atoms. The lowest BCUT2D eigenvalue weighted by molar-refractivity contribution is 0.181. The first-order valence-corrected chi connectivity index (χ1v) is 10.1. The molecule has 1 aromatic heterocycles. The number of carbonyl (C=O) groups is 1. The number of fused-ring (bicyclic) bond motifs is 1. The molecule has 0 radical (unpaired) electrons. The highest BCUT2D eigenvalue weighted by Gasteiger charge is 2.24. The minimum absolute atomic E-state index is 0.165. The van der Waals surface area contributed by atoms with Crippen molar-refractivity contribution in [1.82, 2.24) is 9.71 Å². The van der Waals surface area contributed by atoms with E-state index in [0.717, 1.165) is 16.5 Å². The predicted octanol–water partition coefficient (Wildman–Crippen LogP) is 2.65. The van der Waals surface area contributed by atoms with Crippen LogP contribution in [-0.2, 0) is 21.2 Å². The van der Waals surface area contributed by atoms with Gasteiger partial charge in [0.1, 0.15) is 6.61 Å². The van der Waals surface area contributed by atoms with Gasteiger partial charge in [0.25, 0.3) is 0 Å². The number of anilines is 1. The second-order valence-electron chi connectivity index (χ2n) is 6.27. The quantitative estimate of drug-likeness (QED) is 0.682. The van der Waals surface area contributed by atoms with Gasteiger partial charge in [-0.05, 0) is 42.3 Å². The number of ether oxygens (including phenoxy) is 1. The third-order valence-electron chi connectivity index (χ3n) is 4.58. The maximum Gasteiger partial charge on any atom is 0.414 e. The number of H-pyrrole nitrogens is 1. The molecule has 140 valence electrons.